The van der Waals surface area contributed by atoms with Crippen LogP contribution in [0.3, 0.4) is 0 Å². The van der Waals surface area contributed by atoms with E-state index >= 15 is 0 Å². The normalized spacial score (nSPS) is 12.4. The number of carbonyl (C=O) groups is 1. The standard InChI is InChI=1S/C21H40O3Si/c1-19(16-14-18-24-25(6,7)21(2,3)4)15-12-10-8-9-11-13-17-20(22)23-5/h14,18H,1,8-13,15-17H2,2-7H3/b18-14+. The lowest BCUT2D eigenvalue weighted by Gasteiger charge is -2.35. The zero-order valence-corrected chi connectivity index (χ0v) is 18.5. The number of carbonyl (C=O) groups excluding carboxylic acids is 1. The van der Waals surface area contributed by atoms with Crippen LogP contribution in [0.1, 0.15) is 78.6 Å². The number of hydrogen-bond acceptors (Lipinski definition) is 3. The summed E-state index contributed by atoms with van der Waals surface area (Å²) in [7, 11) is -0.231. The van der Waals surface area contributed by atoms with Gasteiger partial charge in [0, 0.05) is 6.42 Å². The SMILES string of the molecule is C=C(C/C=C/O[Si](C)(C)C(C)(C)C)CCCCCCCCC(=O)OC. The van der Waals surface area contributed by atoms with E-state index in [-0.39, 0.29) is 11.0 Å². The molecule has 0 fully saturated rings. The van der Waals surface area contributed by atoms with Crippen LogP contribution in [0.25, 0.3) is 0 Å². The van der Waals surface area contributed by atoms with Gasteiger partial charge < -0.3 is 9.16 Å². The highest BCUT2D eigenvalue weighted by Gasteiger charge is 2.37. The highest BCUT2D eigenvalue weighted by atomic mass is 28.4. The minimum absolute atomic E-state index is 0.0955. The molecule has 0 N–H and O–H groups in total. The van der Waals surface area contributed by atoms with Crippen molar-refractivity contribution in [2.75, 3.05) is 7.11 Å². The number of methoxy groups -OCH3 is 1. The van der Waals surface area contributed by atoms with Gasteiger partial charge in [0.05, 0.1) is 13.4 Å². The Labute approximate surface area is 157 Å². The number of esters is 1. The van der Waals surface area contributed by atoms with E-state index in [1.165, 1.54) is 38.4 Å². The molecule has 146 valence electrons. The molecule has 0 rings (SSSR count). The van der Waals surface area contributed by atoms with Crippen LogP contribution in [0.2, 0.25) is 18.1 Å². The van der Waals surface area contributed by atoms with Crippen molar-refractivity contribution in [1.82, 2.24) is 0 Å². The van der Waals surface area contributed by atoms with Crippen LogP contribution in [-0.4, -0.2) is 21.4 Å². The molecule has 0 atom stereocenters. The molecule has 0 saturated heterocycles. The fourth-order valence-electron chi connectivity index (χ4n) is 2.17. The van der Waals surface area contributed by atoms with E-state index < -0.39 is 8.32 Å². The van der Waals surface area contributed by atoms with E-state index in [9.17, 15) is 4.79 Å². The molecule has 0 unspecified atom stereocenters. The van der Waals surface area contributed by atoms with Crippen LogP contribution in [0.15, 0.2) is 24.5 Å². The molecule has 0 aliphatic carbocycles. The minimum atomic E-state index is -1.68. The first kappa shape index (κ1) is 24.0. The third-order valence-corrected chi connectivity index (χ3v) is 9.40. The molecule has 0 spiro atoms. The van der Waals surface area contributed by atoms with E-state index in [1.54, 1.807) is 0 Å². The van der Waals surface area contributed by atoms with E-state index in [0.29, 0.717) is 6.42 Å². The molecule has 0 aromatic carbocycles. The van der Waals surface area contributed by atoms with Gasteiger partial charge in [0.2, 0.25) is 8.32 Å². The number of unbranched alkanes of at least 4 members (excludes halogenated alkanes) is 5. The summed E-state index contributed by atoms with van der Waals surface area (Å²) in [5.41, 5.74) is 1.28. The number of rotatable bonds is 13. The second-order valence-corrected chi connectivity index (χ2v) is 13.2. The van der Waals surface area contributed by atoms with E-state index in [2.05, 4.69) is 51.3 Å². The second-order valence-electron chi connectivity index (χ2n) is 8.40. The molecule has 0 heterocycles. The Kier molecular flexibility index (Phi) is 11.8. The summed E-state index contributed by atoms with van der Waals surface area (Å²) in [5, 5.41) is 0.241. The van der Waals surface area contributed by atoms with Gasteiger partial charge in [-0.25, -0.2) is 0 Å². The molecular formula is C21H40O3Si. The third kappa shape index (κ3) is 12.0. The van der Waals surface area contributed by atoms with E-state index in [1.807, 2.05) is 6.26 Å². The number of ether oxygens (including phenoxy) is 1. The molecule has 0 amide bonds. The van der Waals surface area contributed by atoms with Gasteiger partial charge in [0.1, 0.15) is 0 Å². The highest BCUT2D eigenvalue weighted by Crippen LogP contribution is 2.36. The van der Waals surface area contributed by atoms with Crippen LogP contribution >= 0.6 is 0 Å². The number of hydrogen-bond donors (Lipinski definition) is 0. The summed E-state index contributed by atoms with van der Waals surface area (Å²) in [6.07, 6.45) is 13.5. The highest BCUT2D eigenvalue weighted by molar-refractivity contribution is 6.74. The Bertz CT molecular complexity index is 419. The molecular weight excluding hydrogens is 328 g/mol. The molecule has 25 heavy (non-hydrogen) atoms. The van der Waals surface area contributed by atoms with Gasteiger partial charge in [0.25, 0.3) is 0 Å². The molecule has 0 aromatic heterocycles. The van der Waals surface area contributed by atoms with E-state index in [4.69, 9.17) is 4.43 Å². The van der Waals surface area contributed by atoms with Crippen molar-refractivity contribution in [1.29, 1.82) is 0 Å². The van der Waals surface area contributed by atoms with Gasteiger partial charge in [-0.05, 0) is 49.9 Å². The van der Waals surface area contributed by atoms with Crippen LogP contribution in [0.5, 0.6) is 0 Å². The zero-order valence-electron chi connectivity index (χ0n) is 17.5. The average molecular weight is 369 g/mol. The van der Waals surface area contributed by atoms with Gasteiger partial charge in [0.15, 0.2) is 0 Å². The third-order valence-electron chi connectivity index (χ3n) is 5.06. The summed E-state index contributed by atoms with van der Waals surface area (Å²) in [5.74, 6) is -0.0955. The van der Waals surface area contributed by atoms with Crippen LogP contribution in [0, 0.1) is 0 Å². The zero-order chi connectivity index (χ0) is 19.3. The van der Waals surface area contributed by atoms with Crippen molar-refractivity contribution in [2.24, 2.45) is 0 Å². The van der Waals surface area contributed by atoms with Gasteiger partial charge >= 0.3 is 5.97 Å². The quantitative estimate of drug-likeness (QED) is 0.118. The first-order valence-electron chi connectivity index (χ1n) is 9.66. The summed E-state index contributed by atoms with van der Waals surface area (Å²) >= 11 is 0. The van der Waals surface area contributed by atoms with Crippen molar-refractivity contribution < 1.29 is 14.0 Å². The van der Waals surface area contributed by atoms with Crippen LogP contribution in [-0.2, 0) is 14.0 Å². The molecule has 0 aromatic rings. The van der Waals surface area contributed by atoms with Crippen molar-refractivity contribution >= 4 is 14.3 Å². The fraction of sp³-hybridized carbons (Fsp3) is 0.762. The van der Waals surface area contributed by atoms with Crippen molar-refractivity contribution in [2.45, 2.75) is 96.7 Å². The maximum atomic E-state index is 11.0. The van der Waals surface area contributed by atoms with Gasteiger partial charge in [-0.15, -0.1) is 0 Å². The Balaban J connectivity index is 3.65. The van der Waals surface area contributed by atoms with Crippen molar-refractivity contribution in [3.05, 3.63) is 24.5 Å². The van der Waals surface area contributed by atoms with Gasteiger partial charge in [-0.1, -0.05) is 58.6 Å². The Morgan fingerprint density at radius 2 is 1.52 bits per heavy atom. The van der Waals surface area contributed by atoms with E-state index in [0.717, 1.165) is 25.7 Å². The first-order chi connectivity index (χ1) is 11.6. The first-order valence-corrected chi connectivity index (χ1v) is 12.6. The lowest BCUT2D eigenvalue weighted by molar-refractivity contribution is -0.140. The summed E-state index contributed by atoms with van der Waals surface area (Å²) in [6.45, 7) is 15.4. The molecule has 0 aliphatic rings. The maximum absolute atomic E-state index is 11.0. The molecule has 0 radical (unpaired) electrons. The largest absolute Gasteiger partial charge is 0.549 e. The van der Waals surface area contributed by atoms with Crippen molar-refractivity contribution in [3.8, 4) is 0 Å². The fourth-order valence-corrected chi connectivity index (χ4v) is 2.96. The predicted molar refractivity (Wildman–Crippen MR) is 110 cm³/mol. The molecule has 3 nitrogen and oxygen atoms in total. The van der Waals surface area contributed by atoms with Crippen LogP contribution in [0.4, 0.5) is 0 Å². The van der Waals surface area contributed by atoms with Gasteiger partial charge in [-0.3, -0.25) is 4.79 Å². The number of allylic oxidation sites excluding steroid dienone is 2. The minimum Gasteiger partial charge on any atom is -0.549 e. The Morgan fingerprint density at radius 1 is 1.00 bits per heavy atom. The Hall–Kier alpha value is -1.03. The van der Waals surface area contributed by atoms with Crippen LogP contribution < -0.4 is 0 Å². The maximum Gasteiger partial charge on any atom is 0.305 e. The lowest BCUT2D eigenvalue weighted by atomic mass is 10.0. The summed E-state index contributed by atoms with van der Waals surface area (Å²) < 4.78 is 10.7. The lowest BCUT2D eigenvalue weighted by Crippen LogP contribution is -2.39. The average Bonchev–Trinajstić information content (AvgIpc) is 2.52. The van der Waals surface area contributed by atoms with Crippen molar-refractivity contribution in [3.63, 3.8) is 0 Å². The summed E-state index contributed by atoms with van der Waals surface area (Å²) in [4.78, 5) is 11.0. The molecule has 0 bridgehead atoms. The Morgan fingerprint density at radius 3 is 2.04 bits per heavy atom. The monoisotopic (exact) mass is 368 g/mol. The molecule has 0 aliphatic heterocycles. The second kappa shape index (κ2) is 12.3. The predicted octanol–water partition coefficient (Wildman–Crippen LogP) is 6.76. The molecule has 4 heteroatoms. The topological polar surface area (TPSA) is 35.5 Å². The summed E-state index contributed by atoms with van der Waals surface area (Å²) in [6, 6.07) is 0. The van der Waals surface area contributed by atoms with Gasteiger partial charge in [-0.2, -0.15) is 0 Å². The molecule has 0 saturated carbocycles. The smallest absolute Gasteiger partial charge is 0.305 e.